The van der Waals surface area contributed by atoms with Gasteiger partial charge >= 0.3 is 0 Å². The number of amides is 1. The Hall–Kier alpha value is -4.12. The van der Waals surface area contributed by atoms with Gasteiger partial charge in [-0.25, -0.2) is 8.78 Å². The molecule has 2 heterocycles. The van der Waals surface area contributed by atoms with Gasteiger partial charge in [-0.15, -0.1) is 0 Å². The average Bonchev–Trinajstić information content (AvgIpc) is 3.26. The quantitative estimate of drug-likeness (QED) is 0.373. The number of carbonyl (C=O) groups is 1. The summed E-state index contributed by atoms with van der Waals surface area (Å²) >= 11 is 0. The van der Waals surface area contributed by atoms with E-state index in [0.29, 0.717) is 34.7 Å². The summed E-state index contributed by atoms with van der Waals surface area (Å²) in [5.41, 5.74) is 6.80. The van der Waals surface area contributed by atoms with E-state index >= 15 is 0 Å². The van der Waals surface area contributed by atoms with E-state index in [4.69, 9.17) is 11.1 Å². The molecule has 9 nitrogen and oxygen atoms in total. The van der Waals surface area contributed by atoms with Crippen LogP contribution in [0.3, 0.4) is 0 Å². The van der Waals surface area contributed by atoms with Gasteiger partial charge in [0.1, 0.15) is 11.4 Å². The minimum Gasteiger partial charge on any atom is -0.382 e. The summed E-state index contributed by atoms with van der Waals surface area (Å²) in [6, 6.07) is 8.91. The van der Waals surface area contributed by atoms with Crippen molar-refractivity contribution >= 4 is 29.2 Å². The fourth-order valence-corrected chi connectivity index (χ4v) is 4.19. The van der Waals surface area contributed by atoms with Gasteiger partial charge in [-0.3, -0.25) is 9.59 Å². The lowest BCUT2D eigenvalue weighted by Gasteiger charge is -2.26. The van der Waals surface area contributed by atoms with Crippen LogP contribution in [0.15, 0.2) is 47.3 Å². The maximum absolute atomic E-state index is 14.3. The van der Waals surface area contributed by atoms with E-state index in [0.717, 1.165) is 30.3 Å². The van der Waals surface area contributed by atoms with Crippen LogP contribution in [0.4, 0.5) is 25.8 Å². The van der Waals surface area contributed by atoms with Crippen molar-refractivity contribution < 1.29 is 13.6 Å². The number of carbonyl (C=O) groups excluding carboxylic acids is 1. The Kier molecular flexibility index (Phi) is 7.11. The normalized spacial score (nSPS) is 15.3. The Balaban J connectivity index is 1.74. The second kappa shape index (κ2) is 10.2. The van der Waals surface area contributed by atoms with E-state index in [1.165, 1.54) is 18.3 Å². The molecule has 1 aliphatic rings. The molecule has 3 aromatic rings. The SMILES string of the molecule is CC(C)Nc1ccc(NC(=O)c2ccc(=O)n(-c3c(F)cccc3F)n2)c(N2CCC(N)C2)c1C=N. The number of para-hydroxylation sites is 1. The molecule has 0 radical (unpaired) electrons. The highest BCUT2D eigenvalue weighted by molar-refractivity contribution is 6.08. The topological polar surface area (TPSA) is 129 Å². The van der Waals surface area contributed by atoms with Crippen LogP contribution in [0.5, 0.6) is 0 Å². The van der Waals surface area contributed by atoms with Gasteiger partial charge in [0, 0.05) is 48.7 Å². The van der Waals surface area contributed by atoms with E-state index in [-0.39, 0.29) is 17.8 Å². The first-order valence-electron chi connectivity index (χ1n) is 11.5. The van der Waals surface area contributed by atoms with Crippen LogP contribution in [0.1, 0.15) is 36.3 Å². The Morgan fingerprint density at radius 1 is 1.14 bits per heavy atom. The Morgan fingerprint density at radius 2 is 1.83 bits per heavy atom. The molecule has 0 aliphatic carbocycles. The summed E-state index contributed by atoms with van der Waals surface area (Å²) in [6.45, 7) is 5.15. The zero-order valence-corrected chi connectivity index (χ0v) is 19.9. The van der Waals surface area contributed by atoms with Crippen LogP contribution in [0.25, 0.3) is 5.69 Å². The number of halogens is 2. The first-order chi connectivity index (χ1) is 17.2. The number of hydrogen-bond donors (Lipinski definition) is 4. The van der Waals surface area contributed by atoms with E-state index in [1.807, 2.05) is 18.7 Å². The molecule has 0 spiro atoms. The Bertz CT molecular complexity index is 1350. The third kappa shape index (κ3) is 4.96. The van der Waals surface area contributed by atoms with Crippen molar-refractivity contribution in [1.29, 1.82) is 5.41 Å². The molecule has 2 aromatic carbocycles. The molecule has 36 heavy (non-hydrogen) atoms. The Labute approximate surface area is 206 Å². The van der Waals surface area contributed by atoms with Crippen molar-refractivity contribution in [3.05, 3.63) is 75.7 Å². The fourth-order valence-electron chi connectivity index (χ4n) is 4.19. The average molecular weight is 496 g/mol. The number of benzene rings is 2. The molecule has 1 fully saturated rings. The minimum absolute atomic E-state index is 0.0465. The first kappa shape index (κ1) is 25.0. The molecule has 0 saturated carbocycles. The number of aromatic nitrogens is 2. The number of nitrogens with two attached hydrogens (primary N) is 1. The molecule has 1 aliphatic heterocycles. The van der Waals surface area contributed by atoms with Crippen molar-refractivity contribution in [3.8, 4) is 5.69 Å². The molecule has 5 N–H and O–H groups in total. The maximum atomic E-state index is 14.3. The van der Waals surface area contributed by atoms with E-state index in [9.17, 15) is 18.4 Å². The summed E-state index contributed by atoms with van der Waals surface area (Å²) in [6.07, 6.45) is 1.98. The van der Waals surface area contributed by atoms with Crippen molar-refractivity contribution in [2.24, 2.45) is 5.73 Å². The zero-order valence-electron chi connectivity index (χ0n) is 19.9. The predicted octanol–water partition coefficient (Wildman–Crippen LogP) is 3.12. The van der Waals surface area contributed by atoms with Gasteiger partial charge in [0.15, 0.2) is 11.6 Å². The lowest BCUT2D eigenvalue weighted by Crippen LogP contribution is -2.29. The van der Waals surface area contributed by atoms with Gasteiger partial charge in [0.25, 0.3) is 11.5 Å². The van der Waals surface area contributed by atoms with Crippen LogP contribution >= 0.6 is 0 Å². The maximum Gasteiger partial charge on any atom is 0.276 e. The van der Waals surface area contributed by atoms with Crippen LogP contribution in [0, 0.1) is 17.0 Å². The Morgan fingerprint density at radius 3 is 2.44 bits per heavy atom. The van der Waals surface area contributed by atoms with Gasteiger partial charge in [-0.05, 0) is 50.6 Å². The van der Waals surface area contributed by atoms with E-state index in [2.05, 4.69) is 15.7 Å². The molecular formula is C25H27F2N7O2. The molecule has 1 atom stereocenters. The van der Waals surface area contributed by atoms with Crippen LogP contribution in [0.2, 0.25) is 0 Å². The summed E-state index contributed by atoms with van der Waals surface area (Å²) in [5.74, 6) is -2.66. The van der Waals surface area contributed by atoms with Crippen molar-refractivity contribution in [1.82, 2.24) is 9.78 Å². The molecule has 1 saturated heterocycles. The van der Waals surface area contributed by atoms with Gasteiger partial charge in [0.05, 0.1) is 11.4 Å². The monoisotopic (exact) mass is 495 g/mol. The van der Waals surface area contributed by atoms with Gasteiger partial charge in [-0.1, -0.05) is 6.07 Å². The summed E-state index contributed by atoms with van der Waals surface area (Å²) in [4.78, 5) is 27.5. The smallest absolute Gasteiger partial charge is 0.276 e. The third-order valence-electron chi connectivity index (χ3n) is 5.78. The number of nitrogens with zero attached hydrogens (tertiary/aromatic N) is 3. The molecule has 1 unspecified atom stereocenters. The number of nitrogens with one attached hydrogen (secondary N) is 3. The van der Waals surface area contributed by atoms with Gasteiger partial charge in [-0.2, -0.15) is 9.78 Å². The second-order valence-electron chi connectivity index (χ2n) is 8.85. The second-order valence-corrected chi connectivity index (χ2v) is 8.85. The first-order valence-corrected chi connectivity index (χ1v) is 11.5. The zero-order chi connectivity index (χ0) is 26.0. The number of anilines is 3. The third-order valence-corrected chi connectivity index (χ3v) is 5.78. The largest absolute Gasteiger partial charge is 0.382 e. The van der Waals surface area contributed by atoms with Crippen molar-refractivity contribution in [2.75, 3.05) is 28.6 Å². The highest BCUT2D eigenvalue weighted by Gasteiger charge is 2.26. The predicted molar refractivity (Wildman–Crippen MR) is 136 cm³/mol. The van der Waals surface area contributed by atoms with E-state index in [1.54, 1.807) is 12.1 Å². The molecule has 1 aromatic heterocycles. The fraction of sp³-hybridized carbons (Fsp3) is 0.280. The summed E-state index contributed by atoms with van der Waals surface area (Å²) in [7, 11) is 0. The summed E-state index contributed by atoms with van der Waals surface area (Å²) < 4.78 is 29.1. The number of rotatable bonds is 7. The summed E-state index contributed by atoms with van der Waals surface area (Å²) in [5, 5.41) is 18.1. The van der Waals surface area contributed by atoms with Crippen molar-refractivity contribution in [3.63, 3.8) is 0 Å². The molecule has 1 amide bonds. The van der Waals surface area contributed by atoms with Gasteiger partial charge < -0.3 is 26.7 Å². The highest BCUT2D eigenvalue weighted by Crippen LogP contribution is 2.36. The van der Waals surface area contributed by atoms with Crippen LogP contribution in [-0.4, -0.2) is 47.1 Å². The van der Waals surface area contributed by atoms with E-state index < -0.39 is 28.8 Å². The van der Waals surface area contributed by atoms with Crippen molar-refractivity contribution in [2.45, 2.75) is 32.4 Å². The molecule has 0 bridgehead atoms. The van der Waals surface area contributed by atoms with Crippen LogP contribution in [-0.2, 0) is 0 Å². The molecule has 188 valence electrons. The lowest BCUT2D eigenvalue weighted by atomic mass is 10.1. The number of hydrogen-bond acceptors (Lipinski definition) is 7. The molecule has 4 rings (SSSR count). The lowest BCUT2D eigenvalue weighted by molar-refractivity contribution is 0.102. The van der Waals surface area contributed by atoms with Gasteiger partial charge in [0.2, 0.25) is 0 Å². The molecular weight excluding hydrogens is 468 g/mol. The standard InChI is InChI=1S/C25H27F2N7O2/c1-14(2)30-19-6-7-20(23(16(19)12-28)33-11-10-15(29)13-33)31-25(36)21-8-9-22(35)34(32-21)24-17(26)4-3-5-18(24)27/h3-9,12,14-15,28,30H,10-11,13,29H2,1-2H3,(H,31,36). The van der Waals surface area contributed by atoms with Crippen LogP contribution < -0.4 is 26.8 Å². The minimum atomic E-state index is -0.987. The molecule has 11 heteroatoms. The highest BCUT2D eigenvalue weighted by atomic mass is 19.1.